The Hall–Kier alpha value is -1.86. The summed E-state index contributed by atoms with van der Waals surface area (Å²) in [5.74, 6) is 0.477. The molecular formula is C16H22ClN3O4. The summed E-state index contributed by atoms with van der Waals surface area (Å²) in [4.78, 5) is 24.8. The fraction of sp³-hybridized carbons (Fsp3) is 0.562. The van der Waals surface area contributed by atoms with Crippen LogP contribution in [0, 0.1) is 16.0 Å². The lowest BCUT2D eigenvalue weighted by Crippen LogP contribution is -2.45. The minimum Gasteiger partial charge on any atom is -0.474 e. The third-order valence-electron chi connectivity index (χ3n) is 4.19. The summed E-state index contributed by atoms with van der Waals surface area (Å²) in [5, 5.41) is 14.5. The molecule has 0 spiro atoms. The maximum Gasteiger partial charge on any atom is 0.312 e. The summed E-state index contributed by atoms with van der Waals surface area (Å²) < 4.78 is 5.55. The number of nitro groups is 1. The lowest BCUT2D eigenvalue weighted by Gasteiger charge is -2.33. The standard InChI is InChI=1S/C16H22ClN3O4/c1-11(16(21)19-7-5-12(6-8-19)10-18-2)24-15-4-3-13(17)9-14(15)20(22)23/h3-4,9,11-12,18H,5-8,10H2,1-2H3. The summed E-state index contributed by atoms with van der Waals surface area (Å²) >= 11 is 5.78. The lowest BCUT2D eigenvalue weighted by atomic mass is 9.96. The quantitative estimate of drug-likeness (QED) is 0.626. The van der Waals surface area contributed by atoms with Gasteiger partial charge >= 0.3 is 5.69 Å². The van der Waals surface area contributed by atoms with E-state index in [2.05, 4.69) is 5.32 Å². The molecule has 1 N–H and O–H groups in total. The summed E-state index contributed by atoms with van der Waals surface area (Å²) in [6.07, 6.45) is 1.10. The topological polar surface area (TPSA) is 84.7 Å². The Morgan fingerprint density at radius 1 is 1.50 bits per heavy atom. The first-order valence-corrected chi connectivity index (χ1v) is 8.34. The molecule has 0 aliphatic carbocycles. The Bertz CT molecular complexity index is 603. The van der Waals surface area contributed by atoms with Crippen LogP contribution in [-0.4, -0.2) is 48.5 Å². The maximum absolute atomic E-state index is 12.5. The Labute approximate surface area is 146 Å². The lowest BCUT2D eigenvalue weighted by molar-refractivity contribution is -0.386. The average Bonchev–Trinajstić information content (AvgIpc) is 2.56. The first kappa shape index (κ1) is 18.5. The summed E-state index contributed by atoms with van der Waals surface area (Å²) in [5.41, 5.74) is -0.241. The first-order chi connectivity index (χ1) is 11.4. The molecule has 1 aromatic carbocycles. The Morgan fingerprint density at radius 3 is 2.75 bits per heavy atom. The van der Waals surface area contributed by atoms with Crippen LogP contribution in [0.4, 0.5) is 5.69 Å². The Balaban J connectivity index is 1.99. The number of halogens is 1. The molecule has 1 atom stereocenters. The maximum atomic E-state index is 12.5. The molecule has 0 radical (unpaired) electrons. The van der Waals surface area contributed by atoms with Gasteiger partial charge in [0, 0.05) is 24.2 Å². The normalized spacial score (nSPS) is 16.7. The van der Waals surface area contributed by atoms with Crippen LogP contribution in [-0.2, 0) is 4.79 Å². The Morgan fingerprint density at radius 2 is 2.17 bits per heavy atom. The van der Waals surface area contributed by atoms with Crippen molar-refractivity contribution in [3.05, 3.63) is 33.3 Å². The third-order valence-corrected chi connectivity index (χ3v) is 4.42. The summed E-state index contributed by atoms with van der Waals surface area (Å²) in [7, 11) is 1.92. The fourth-order valence-electron chi connectivity index (χ4n) is 2.88. The van der Waals surface area contributed by atoms with Gasteiger partial charge < -0.3 is 15.0 Å². The number of ether oxygens (including phenoxy) is 1. The van der Waals surface area contributed by atoms with E-state index in [4.69, 9.17) is 16.3 Å². The first-order valence-electron chi connectivity index (χ1n) is 7.96. The predicted molar refractivity (Wildman–Crippen MR) is 91.4 cm³/mol. The largest absolute Gasteiger partial charge is 0.474 e. The molecule has 2 rings (SSSR count). The van der Waals surface area contributed by atoms with Gasteiger partial charge in [-0.25, -0.2) is 0 Å². The van der Waals surface area contributed by atoms with Crippen LogP contribution in [0.1, 0.15) is 19.8 Å². The van der Waals surface area contributed by atoms with Crippen LogP contribution in [0.5, 0.6) is 5.75 Å². The van der Waals surface area contributed by atoms with Crippen molar-refractivity contribution < 1.29 is 14.5 Å². The van der Waals surface area contributed by atoms with E-state index < -0.39 is 11.0 Å². The van der Waals surface area contributed by atoms with Crippen LogP contribution in [0.2, 0.25) is 5.02 Å². The highest BCUT2D eigenvalue weighted by Crippen LogP contribution is 2.31. The SMILES string of the molecule is CNCC1CCN(C(=O)C(C)Oc2ccc(Cl)cc2[N+](=O)[O-])CC1. The summed E-state index contributed by atoms with van der Waals surface area (Å²) in [6, 6.07) is 4.14. The van der Waals surface area contributed by atoms with Gasteiger partial charge in [-0.3, -0.25) is 14.9 Å². The number of likely N-dealkylation sites (tertiary alicyclic amines) is 1. The second kappa shape index (κ2) is 8.30. The summed E-state index contributed by atoms with van der Waals surface area (Å²) in [6.45, 7) is 3.93. The van der Waals surface area contributed by atoms with E-state index in [0.717, 1.165) is 19.4 Å². The minimum atomic E-state index is -0.786. The van der Waals surface area contributed by atoms with Crippen molar-refractivity contribution in [1.29, 1.82) is 0 Å². The van der Waals surface area contributed by atoms with Gasteiger partial charge in [0.05, 0.1) is 4.92 Å². The van der Waals surface area contributed by atoms with Gasteiger partial charge in [-0.2, -0.15) is 0 Å². The Kier molecular flexibility index (Phi) is 6.39. The van der Waals surface area contributed by atoms with Gasteiger partial charge in [0.1, 0.15) is 0 Å². The smallest absolute Gasteiger partial charge is 0.312 e. The second-order valence-corrected chi connectivity index (χ2v) is 6.39. The molecule has 0 saturated carbocycles. The molecule has 0 bridgehead atoms. The zero-order valence-electron chi connectivity index (χ0n) is 13.8. The number of hydrogen-bond donors (Lipinski definition) is 1. The number of nitrogens with zero attached hydrogens (tertiary/aromatic N) is 2. The van der Waals surface area contributed by atoms with Crippen molar-refractivity contribution in [3.8, 4) is 5.75 Å². The van der Waals surface area contributed by atoms with E-state index in [1.54, 1.807) is 11.8 Å². The van der Waals surface area contributed by atoms with E-state index in [1.165, 1.54) is 18.2 Å². The number of benzene rings is 1. The highest BCUT2D eigenvalue weighted by atomic mass is 35.5. The molecule has 1 fully saturated rings. The van der Waals surface area contributed by atoms with E-state index in [-0.39, 0.29) is 22.4 Å². The monoisotopic (exact) mass is 355 g/mol. The predicted octanol–water partition coefficient (Wildman–Crippen LogP) is 2.47. The zero-order valence-corrected chi connectivity index (χ0v) is 14.6. The van der Waals surface area contributed by atoms with Crippen molar-refractivity contribution >= 4 is 23.2 Å². The molecule has 1 aliphatic rings. The van der Waals surface area contributed by atoms with Crippen LogP contribution in [0.15, 0.2) is 18.2 Å². The number of rotatable bonds is 6. The van der Waals surface area contributed by atoms with Crippen molar-refractivity contribution in [3.63, 3.8) is 0 Å². The number of hydrogen-bond acceptors (Lipinski definition) is 5. The number of carbonyl (C=O) groups excluding carboxylic acids is 1. The van der Waals surface area contributed by atoms with Crippen LogP contribution < -0.4 is 10.1 Å². The van der Waals surface area contributed by atoms with E-state index in [0.29, 0.717) is 19.0 Å². The molecule has 132 valence electrons. The van der Waals surface area contributed by atoms with Crippen molar-refractivity contribution in [2.75, 3.05) is 26.7 Å². The van der Waals surface area contributed by atoms with Crippen LogP contribution >= 0.6 is 11.6 Å². The van der Waals surface area contributed by atoms with Gasteiger partial charge in [-0.1, -0.05) is 11.6 Å². The molecule has 7 nitrogen and oxygen atoms in total. The number of amides is 1. The molecule has 1 heterocycles. The highest BCUT2D eigenvalue weighted by Gasteiger charge is 2.28. The number of piperidine rings is 1. The van der Waals surface area contributed by atoms with E-state index in [1.807, 2.05) is 7.05 Å². The fourth-order valence-corrected chi connectivity index (χ4v) is 3.04. The average molecular weight is 356 g/mol. The molecule has 1 aliphatic heterocycles. The number of nitrogens with one attached hydrogen (secondary N) is 1. The zero-order chi connectivity index (χ0) is 17.7. The molecule has 8 heteroatoms. The molecule has 1 aromatic rings. The molecule has 0 aromatic heterocycles. The van der Waals surface area contributed by atoms with Crippen LogP contribution in [0.25, 0.3) is 0 Å². The second-order valence-electron chi connectivity index (χ2n) is 5.96. The molecule has 24 heavy (non-hydrogen) atoms. The number of carbonyl (C=O) groups is 1. The van der Waals surface area contributed by atoms with E-state index in [9.17, 15) is 14.9 Å². The van der Waals surface area contributed by atoms with Crippen molar-refractivity contribution in [2.24, 2.45) is 5.92 Å². The molecular weight excluding hydrogens is 334 g/mol. The van der Waals surface area contributed by atoms with Gasteiger partial charge in [-0.05, 0) is 51.4 Å². The van der Waals surface area contributed by atoms with Crippen LogP contribution in [0.3, 0.4) is 0 Å². The van der Waals surface area contributed by atoms with Gasteiger partial charge in [0.2, 0.25) is 0 Å². The molecule has 1 saturated heterocycles. The van der Waals surface area contributed by atoms with Gasteiger partial charge in [-0.15, -0.1) is 0 Å². The third kappa shape index (κ3) is 4.58. The molecule has 1 unspecified atom stereocenters. The highest BCUT2D eigenvalue weighted by molar-refractivity contribution is 6.30. The molecule has 1 amide bonds. The van der Waals surface area contributed by atoms with E-state index >= 15 is 0 Å². The van der Waals surface area contributed by atoms with Gasteiger partial charge in [0.15, 0.2) is 11.9 Å². The van der Waals surface area contributed by atoms with Crippen molar-refractivity contribution in [1.82, 2.24) is 10.2 Å². The number of nitro benzene ring substituents is 1. The van der Waals surface area contributed by atoms with Gasteiger partial charge in [0.25, 0.3) is 5.91 Å². The minimum absolute atomic E-state index is 0.0512. The van der Waals surface area contributed by atoms with Crippen molar-refractivity contribution in [2.45, 2.75) is 25.9 Å².